The highest BCUT2D eigenvalue weighted by Crippen LogP contribution is 2.30. The largest absolute Gasteiger partial charge is 0.348 e. The van der Waals surface area contributed by atoms with Gasteiger partial charge in [-0.05, 0) is 19.8 Å². The van der Waals surface area contributed by atoms with E-state index >= 15 is 0 Å². The molecule has 1 unspecified atom stereocenters. The van der Waals surface area contributed by atoms with Gasteiger partial charge in [-0.15, -0.1) is 10.2 Å². The van der Waals surface area contributed by atoms with Crippen molar-refractivity contribution in [3.63, 3.8) is 0 Å². The Bertz CT molecular complexity index is 908. The van der Waals surface area contributed by atoms with Crippen LogP contribution < -0.4 is 4.90 Å². The van der Waals surface area contributed by atoms with Gasteiger partial charge in [0.25, 0.3) is 5.91 Å². The first-order valence-corrected chi connectivity index (χ1v) is 9.36. The molecule has 1 aliphatic carbocycles. The molecule has 1 aromatic carbocycles. The summed E-state index contributed by atoms with van der Waals surface area (Å²) in [5.74, 6) is 0.959. The minimum Gasteiger partial charge on any atom is -0.348 e. The maximum atomic E-state index is 12.7. The number of carbonyl (C=O) groups excluding carboxylic acids is 1. The zero-order valence-corrected chi connectivity index (χ0v) is 15.5. The molecule has 26 heavy (non-hydrogen) atoms. The van der Waals surface area contributed by atoms with Gasteiger partial charge in [-0.1, -0.05) is 54.1 Å². The number of hydrogen-bond donors (Lipinski definition) is 0. The Morgan fingerprint density at radius 2 is 1.96 bits per heavy atom. The van der Waals surface area contributed by atoms with Crippen molar-refractivity contribution in [2.45, 2.75) is 25.8 Å². The van der Waals surface area contributed by atoms with Crippen molar-refractivity contribution in [2.24, 2.45) is 0 Å². The average Bonchev–Trinajstić information content (AvgIpc) is 2.69. The summed E-state index contributed by atoms with van der Waals surface area (Å²) in [6.45, 7) is 4.19. The summed E-state index contributed by atoms with van der Waals surface area (Å²) in [5.41, 5.74) is 0.814. The molecule has 0 spiro atoms. The molecule has 1 aromatic heterocycles. The Morgan fingerprint density at radius 3 is 2.69 bits per heavy atom. The number of nitrogens with zero attached hydrogens (tertiary/aromatic N) is 4. The van der Waals surface area contributed by atoms with Gasteiger partial charge in [0.1, 0.15) is 0 Å². The van der Waals surface area contributed by atoms with Gasteiger partial charge in [0.15, 0.2) is 11.0 Å². The van der Waals surface area contributed by atoms with Crippen LogP contribution >= 0.6 is 11.6 Å². The van der Waals surface area contributed by atoms with Crippen LogP contribution in [-0.4, -0.2) is 46.7 Å². The first kappa shape index (κ1) is 17.0. The molecule has 6 heteroatoms. The fourth-order valence-electron chi connectivity index (χ4n) is 3.68. The Kier molecular flexibility index (Phi) is 4.64. The first-order chi connectivity index (χ1) is 12.6. The van der Waals surface area contributed by atoms with E-state index in [1.54, 1.807) is 0 Å². The molecule has 2 aliphatic rings. The molecule has 1 aliphatic heterocycles. The third kappa shape index (κ3) is 3.07. The molecule has 1 atom stereocenters. The van der Waals surface area contributed by atoms with Crippen LogP contribution in [0, 0.1) is 0 Å². The lowest BCUT2D eigenvalue weighted by Gasteiger charge is -2.41. The monoisotopic (exact) mass is 368 g/mol. The molecule has 5 nitrogen and oxygen atoms in total. The van der Waals surface area contributed by atoms with Gasteiger partial charge in [0.05, 0.1) is 0 Å². The number of aromatic nitrogens is 2. The number of benzene rings is 1. The van der Waals surface area contributed by atoms with E-state index in [1.165, 1.54) is 0 Å². The van der Waals surface area contributed by atoms with Crippen LogP contribution in [0.5, 0.6) is 0 Å². The topological polar surface area (TPSA) is 49.3 Å². The summed E-state index contributed by atoms with van der Waals surface area (Å²) in [7, 11) is 0. The second kappa shape index (κ2) is 7.08. The van der Waals surface area contributed by atoms with Crippen LogP contribution in [0.25, 0.3) is 10.8 Å². The molecule has 0 radical (unpaired) electrons. The van der Waals surface area contributed by atoms with E-state index in [4.69, 9.17) is 11.6 Å². The molecule has 4 rings (SSSR count). The predicted octanol–water partition coefficient (Wildman–Crippen LogP) is 3.60. The van der Waals surface area contributed by atoms with Gasteiger partial charge in [-0.3, -0.25) is 4.79 Å². The summed E-state index contributed by atoms with van der Waals surface area (Å²) in [6.07, 6.45) is 8.02. The van der Waals surface area contributed by atoms with Gasteiger partial charge in [-0.2, -0.15) is 0 Å². The van der Waals surface area contributed by atoms with Gasteiger partial charge in [0.2, 0.25) is 0 Å². The number of carbonyl (C=O) groups is 1. The summed E-state index contributed by atoms with van der Waals surface area (Å²) in [6, 6.07) is 8.07. The lowest BCUT2D eigenvalue weighted by atomic mass is 10.0. The van der Waals surface area contributed by atoms with Crippen molar-refractivity contribution < 1.29 is 4.79 Å². The van der Waals surface area contributed by atoms with Crippen LogP contribution in [0.1, 0.15) is 19.8 Å². The first-order valence-electron chi connectivity index (χ1n) is 8.98. The fraction of sp³-hybridized carbons (Fsp3) is 0.350. The highest BCUT2D eigenvalue weighted by Gasteiger charge is 2.29. The van der Waals surface area contributed by atoms with Crippen molar-refractivity contribution in [3.05, 3.63) is 53.2 Å². The molecule has 0 saturated carbocycles. The van der Waals surface area contributed by atoms with Crippen molar-refractivity contribution in [1.82, 2.24) is 15.1 Å². The van der Waals surface area contributed by atoms with Gasteiger partial charge in [0, 0.05) is 42.0 Å². The van der Waals surface area contributed by atoms with E-state index in [1.807, 2.05) is 41.3 Å². The van der Waals surface area contributed by atoms with E-state index in [0.29, 0.717) is 18.2 Å². The SMILES string of the molecule is CC1CN(C(=O)C2=CCCC=C2)CCN1c1nnc(Cl)c2ccccc12. The fourth-order valence-corrected chi connectivity index (χ4v) is 3.88. The Labute approximate surface area is 157 Å². The minimum absolute atomic E-state index is 0.125. The quantitative estimate of drug-likeness (QED) is 0.812. The smallest absolute Gasteiger partial charge is 0.253 e. The zero-order valence-electron chi connectivity index (χ0n) is 14.7. The number of anilines is 1. The molecular formula is C20H21ClN4O. The van der Waals surface area contributed by atoms with Crippen LogP contribution in [0.3, 0.4) is 0 Å². The van der Waals surface area contributed by atoms with E-state index in [0.717, 1.165) is 41.5 Å². The third-order valence-corrected chi connectivity index (χ3v) is 5.33. The number of rotatable bonds is 2. The van der Waals surface area contributed by atoms with Crippen molar-refractivity contribution in [1.29, 1.82) is 0 Å². The summed E-state index contributed by atoms with van der Waals surface area (Å²) in [4.78, 5) is 16.9. The van der Waals surface area contributed by atoms with E-state index in [9.17, 15) is 4.79 Å². The molecule has 134 valence electrons. The molecule has 2 aromatic rings. The predicted molar refractivity (Wildman–Crippen MR) is 104 cm³/mol. The maximum Gasteiger partial charge on any atom is 0.253 e. The Balaban J connectivity index is 1.57. The highest BCUT2D eigenvalue weighted by atomic mass is 35.5. The van der Waals surface area contributed by atoms with Crippen molar-refractivity contribution in [3.8, 4) is 0 Å². The van der Waals surface area contributed by atoms with Gasteiger partial charge in [-0.25, -0.2) is 0 Å². The number of fused-ring (bicyclic) bond motifs is 1. The third-order valence-electron chi connectivity index (χ3n) is 5.05. The van der Waals surface area contributed by atoms with Crippen molar-refractivity contribution in [2.75, 3.05) is 24.5 Å². The number of amides is 1. The molecule has 1 fully saturated rings. The second-order valence-corrected chi connectivity index (χ2v) is 7.15. The van der Waals surface area contributed by atoms with Crippen LogP contribution in [0.4, 0.5) is 5.82 Å². The number of piperazine rings is 1. The molecule has 2 heterocycles. The summed E-state index contributed by atoms with van der Waals surface area (Å²) in [5, 5.41) is 10.8. The van der Waals surface area contributed by atoms with Crippen LogP contribution in [-0.2, 0) is 4.79 Å². The van der Waals surface area contributed by atoms with Gasteiger partial charge >= 0.3 is 0 Å². The summed E-state index contributed by atoms with van der Waals surface area (Å²) < 4.78 is 0. The lowest BCUT2D eigenvalue weighted by Crippen LogP contribution is -2.54. The maximum absolute atomic E-state index is 12.7. The Morgan fingerprint density at radius 1 is 1.15 bits per heavy atom. The second-order valence-electron chi connectivity index (χ2n) is 6.79. The minimum atomic E-state index is 0.125. The van der Waals surface area contributed by atoms with E-state index in [2.05, 4.69) is 28.1 Å². The zero-order chi connectivity index (χ0) is 18.1. The number of allylic oxidation sites excluding steroid dienone is 2. The van der Waals surface area contributed by atoms with Gasteiger partial charge < -0.3 is 9.80 Å². The number of hydrogen-bond acceptors (Lipinski definition) is 4. The normalized spacial score (nSPS) is 20.4. The van der Waals surface area contributed by atoms with Crippen LogP contribution in [0.15, 0.2) is 48.1 Å². The molecule has 0 N–H and O–H groups in total. The molecule has 1 amide bonds. The highest BCUT2D eigenvalue weighted by molar-refractivity contribution is 6.34. The van der Waals surface area contributed by atoms with Crippen molar-refractivity contribution >= 4 is 34.1 Å². The number of halogens is 1. The standard InChI is InChI=1S/C20H21ClN4O/c1-14-13-24(20(26)15-7-3-2-4-8-15)11-12-25(14)19-17-10-6-5-9-16(17)18(21)22-23-19/h3,5-10,14H,2,4,11-13H2,1H3. The van der Waals surface area contributed by atoms with Crippen LogP contribution in [0.2, 0.25) is 5.15 Å². The molecule has 1 saturated heterocycles. The lowest BCUT2D eigenvalue weighted by molar-refractivity contribution is -0.127. The Hall–Kier alpha value is -2.40. The van der Waals surface area contributed by atoms with E-state index < -0.39 is 0 Å². The molecular weight excluding hydrogens is 348 g/mol. The summed E-state index contributed by atoms with van der Waals surface area (Å²) >= 11 is 6.20. The molecule has 0 bridgehead atoms. The van der Waals surface area contributed by atoms with E-state index in [-0.39, 0.29) is 11.9 Å². The average molecular weight is 369 g/mol.